The number of imidazole rings is 1. The van der Waals surface area contributed by atoms with Crippen LogP contribution in [0.1, 0.15) is 31.5 Å². The maximum Gasteiger partial charge on any atom is 0.321 e. The molecular formula is C19H23Cl2N3O4. The van der Waals surface area contributed by atoms with Gasteiger partial charge in [0.15, 0.2) is 0 Å². The molecule has 0 aliphatic heterocycles. The summed E-state index contributed by atoms with van der Waals surface area (Å²) in [7, 11) is 0. The van der Waals surface area contributed by atoms with Gasteiger partial charge in [0, 0.05) is 24.9 Å². The Bertz CT molecular complexity index is 838. The van der Waals surface area contributed by atoms with Gasteiger partial charge >= 0.3 is 11.9 Å². The van der Waals surface area contributed by atoms with Gasteiger partial charge in [0.1, 0.15) is 12.1 Å². The Morgan fingerprint density at radius 1 is 1.14 bits per heavy atom. The highest BCUT2D eigenvalue weighted by Gasteiger charge is 2.27. The Balaban J connectivity index is 2.15. The Kier molecular flexibility index (Phi) is 7.86. The lowest BCUT2D eigenvalue weighted by Crippen LogP contribution is -2.49. The van der Waals surface area contributed by atoms with E-state index in [0.717, 1.165) is 5.56 Å². The second kappa shape index (κ2) is 9.91. The second-order valence-corrected chi connectivity index (χ2v) is 7.86. The lowest BCUT2D eigenvalue weighted by Gasteiger charge is -2.22. The van der Waals surface area contributed by atoms with E-state index in [1.165, 1.54) is 0 Å². The van der Waals surface area contributed by atoms with Crippen molar-refractivity contribution in [3.8, 4) is 0 Å². The highest BCUT2D eigenvalue weighted by molar-refractivity contribution is 6.42. The molecule has 1 aromatic heterocycles. The highest BCUT2D eigenvalue weighted by atomic mass is 35.5. The van der Waals surface area contributed by atoms with Gasteiger partial charge in [0.2, 0.25) is 0 Å². The first-order valence-electron chi connectivity index (χ1n) is 8.82. The zero-order chi connectivity index (χ0) is 20.8. The molecule has 1 heterocycles. The average molecular weight is 428 g/mol. The maximum atomic E-state index is 11.7. The van der Waals surface area contributed by atoms with Crippen LogP contribution in [0.15, 0.2) is 30.7 Å². The normalized spacial score (nSPS) is 13.5. The fourth-order valence-corrected chi connectivity index (χ4v) is 3.20. The quantitative estimate of drug-likeness (QED) is 0.536. The highest BCUT2D eigenvalue weighted by Crippen LogP contribution is 2.23. The maximum absolute atomic E-state index is 11.7. The molecule has 2 atom stereocenters. The summed E-state index contributed by atoms with van der Waals surface area (Å²) in [4.78, 5) is 27.3. The summed E-state index contributed by atoms with van der Waals surface area (Å²) in [5, 5.41) is 22.6. The average Bonchev–Trinajstić information content (AvgIpc) is 3.03. The smallest absolute Gasteiger partial charge is 0.321 e. The predicted molar refractivity (Wildman–Crippen MR) is 107 cm³/mol. The SMILES string of the molecule is CC(C)C[C@H](N[C@@H](Cc1cncn1Cc1ccc(Cl)c(Cl)c1)C(=O)O)C(=O)O. The summed E-state index contributed by atoms with van der Waals surface area (Å²) >= 11 is 12.0. The van der Waals surface area contributed by atoms with Gasteiger partial charge in [-0.3, -0.25) is 14.9 Å². The number of halogens is 2. The fraction of sp³-hybridized carbons (Fsp3) is 0.421. The molecule has 0 unspecified atom stereocenters. The summed E-state index contributed by atoms with van der Waals surface area (Å²) < 4.78 is 1.80. The third-order valence-electron chi connectivity index (χ3n) is 4.25. The van der Waals surface area contributed by atoms with Crippen LogP contribution in [0.2, 0.25) is 10.0 Å². The molecule has 0 radical (unpaired) electrons. The molecule has 0 aliphatic rings. The number of hydrogen-bond acceptors (Lipinski definition) is 4. The van der Waals surface area contributed by atoms with Crippen LogP contribution in [-0.4, -0.2) is 43.8 Å². The predicted octanol–water partition coefficient (Wildman–Crippen LogP) is 3.32. The summed E-state index contributed by atoms with van der Waals surface area (Å²) in [6.45, 7) is 4.21. The van der Waals surface area contributed by atoms with Crippen LogP contribution in [0.3, 0.4) is 0 Å². The summed E-state index contributed by atoms with van der Waals surface area (Å²) in [6.07, 6.45) is 3.60. The number of benzene rings is 1. The van der Waals surface area contributed by atoms with E-state index in [2.05, 4.69) is 10.3 Å². The van der Waals surface area contributed by atoms with E-state index in [-0.39, 0.29) is 12.3 Å². The van der Waals surface area contributed by atoms with Crippen molar-refractivity contribution in [1.29, 1.82) is 0 Å². The number of nitrogens with one attached hydrogen (secondary N) is 1. The minimum absolute atomic E-state index is 0.0958. The van der Waals surface area contributed by atoms with E-state index in [1.54, 1.807) is 29.2 Å². The second-order valence-electron chi connectivity index (χ2n) is 7.04. The number of aromatic nitrogens is 2. The number of nitrogens with zero attached hydrogens (tertiary/aromatic N) is 2. The number of carboxylic acid groups (broad SMARTS) is 2. The van der Waals surface area contributed by atoms with Crippen LogP contribution < -0.4 is 5.32 Å². The third kappa shape index (κ3) is 6.22. The molecule has 0 fully saturated rings. The van der Waals surface area contributed by atoms with Gasteiger partial charge in [-0.2, -0.15) is 0 Å². The van der Waals surface area contributed by atoms with Crippen LogP contribution in [0.4, 0.5) is 0 Å². The van der Waals surface area contributed by atoms with E-state index in [4.69, 9.17) is 23.2 Å². The topological polar surface area (TPSA) is 104 Å². The Morgan fingerprint density at radius 2 is 1.82 bits per heavy atom. The van der Waals surface area contributed by atoms with Crippen molar-refractivity contribution in [1.82, 2.24) is 14.9 Å². The van der Waals surface area contributed by atoms with Gasteiger partial charge in [0.25, 0.3) is 0 Å². The lowest BCUT2D eigenvalue weighted by molar-refractivity contribution is -0.142. The molecular weight excluding hydrogens is 405 g/mol. The molecule has 0 spiro atoms. The first-order chi connectivity index (χ1) is 13.2. The standard InChI is InChI=1S/C19H23Cl2N3O4/c1-11(2)5-16(18(25)26)23-17(19(27)28)7-13-8-22-10-24(13)9-12-3-4-14(20)15(21)6-12/h3-4,6,8,10-11,16-17,23H,5,7,9H2,1-2H3,(H,25,26)(H,27,28)/t16-,17-/m0/s1. The van der Waals surface area contributed by atoms with E-state index < -0.39 is 24.0 Å². The first-order valence-corrected chi connectivity index (χ1v) is 9.57. The number of hydrogen-bond donors (Lipinski definition) is 3. The third-order valence-corrected chi connectivity index (χ3v) is 4.99. The molecule has 2 rings (SSSR count). The number of rotatable bonds is 10. The van der Waals surface area contributed by atoms with Crippen LogP contribution >= 0.6 is 23.2 Å². The van der Waals surface area contributed by atoms with Crippen LogP contribution in [-0.2, 0) is 22.6 Å². The molecule has 2 aromatic rings. The number of carbonyl (C=O) groups is 2. The van der Waals surface area contributed by atoms with Crippen molar-refractivity contribution in [2.24, 2.45) is 5.92 Å². The van der Waals surface area contributed by atoms with Gasteiger partial charge < -0.3 is 14.8 Å². The summed E-state index contributed by atoms with van der Waals surface area (Å²) in [6, 6.07) is 3.27. The van der Waals surface area contributed by atoms with Gasteiger partial charge in [0.05, 0.1) is 16.4 Å². The number of carboxylic acids is 2. The Hall–Kier alpha value is -2.09. The minimum Gasteiger partial charge on any atom is -0.480 e. The van der Waals surface area contributed by atoms with Gasteiger partial charge in [-0.05, 0) is 30.0 Å². The van der Waals surface area contributed by atoms with Crippen molar-refractivity contribution < 1.29 is 19.8 Å². The molecule has 1 aromatic carbocycles. The molecule has 28 heavy (non-hydrogen) atoms. The van der Waals surface area contributed by atoms with Crippen LogP contribution in [0, 0.1) is 5.92 Å². The van der Waals surface area contributed by atoms with Crippen molar-refractivity contribution in [2.75, 3.05) is 0 Å². The molecule has 152 valence electrons. The molecule has 3 N–H and O–H groups in total. The number of aliphatic carboxylic acids is 2. The van der Waals surface area contributed by atoms with E-state index in [9.17, 15) is 19.8 Å². The Morgan fingerprint density at radius 3 is 2.39 bits per heavy atom. The molecule has 0 amide bonds. The largest absolute Gasteiger partial charge is 0.480 e. The van der Waals surface area contributed by atoms with Crippen molar-refractivity contribution >= 4 is 35.1 Å². The zero-order valence-corrected chi connectivity index (χ0v) is 17.1. The van der Waals surface area contributed by atoms with Crippen LogP contribution in [0.5, 0.6) is 0 Å². The minimum atomic E-state index is -1.11. The van der Waals surface area contributed by atoms with Gasteiger partial charge in [-0.25, -0.2) is 4.98 Å². The summed E-state index contributed by atoms with van der Waals surface area (Å²) in [5.41, 5.74) is 1.55. The van der Waals surface area contributed by atoms with E-state index in [1.807, 2.05) is 19.9 Å². The zero-order valence-electron chi connectivity index (χ0n) is 15.6. The van der Waals surface area contributed by atoms with Crippen LogP contribution in [0.25, 0.3) is 0 Å². The van der Waals surface area contributed by atoms with Crippen molar-refractivity contribution in [3.63, 3.8) is 0 Å². The molecule has 9 heteroatoms. The van der Waals surface area contributed by atoms with Crippen molar-refractivity contribution in [2.45, 2.75) is 45.3 Å². The van der Waals surface area contributed by atoms with E-state index >= 15 is 0 Å². The van der Waals surface area contributed by atoms with E-state index in [0.29, 0.717) is 28.7 Å². The summed E-state index contributed by atoms with van der Waals surface area (Å²) in [5.74, 6) is -2.07. The molecule has 0 aliphatic carbocycles. The molecule has 0 saturated heterocycles. The Labute approximate surface area is 173 Å². The van der Waals surface area contributed by atoms with Crippen molar-refractivity contribution in [3.05, 3.63) is 52.0 Å². The van der Waals surface area contributed by atoms with Gasteiger partial charge in [-0.15, -0.1) is 0 Å². The first kappa shape index (κ1) is 22.2. The lowest BCUT2D eigenvalue weighted by atomic mass is 10.0. The fourth-order valence-electron chi connectivity index (χ4n) is 2.88. The molecule has 7 nitrogen and oxygen atoms in total. The van der Waals surface area contributed by atoms with Gasteiger partial charge in [-0.1, -0.05) is 43.1 Å². The molecule has 0 bridgehead atoms. The monoisotopic (exact) mass is 427 g/mol. The molecule has 0 saturated carbocycles.